The van der Waals surface area contributed by atoms with Crippen LogP contribution < -0.4 is 5.73 Å². The highest BCUT2D eigenvalue weighted by atomic mass is 16.3. The monoisotopic (exact) mass is 178 g/mol. The molecule has 0 bridgehead atoms. The van der Waals surface area contributed by atoms with E-state index in [2.05, 4.69) is 10.1 Å². The summed E-state index contributed by atoms with van der Waals surface area (Å²) in [5, 5.41) is 12.9. The zero-order valence-corrected chi connectivity index (χ0v) is 7.01. The first-order chi connectivity index (χ1) is 6.29. The second kappa shape index (κ2) is 3.02. The van der Waals surface area contributed by atoms with E-state index in [0.717, 1.165) is 11.3 Å². The van der Waals surface area contributed by atoms with Gasteiger partial charge in [0, 0.05) is 19.1 Å². The van der Waals surface area contributed by atoms with Gasteiger partial charge in [-0.1, -0.05) is 0 Å². The lowest BCUT2D eigenvalue weighted by Gasteiger charge is -1.92. The third-order valence-electron chi connectivity index (χ3n) is 1.75. The molecule has 2 heterocycles. The molecule has 3 N–H and O–H groups in total. The maximum Gasteiger partial charge on any atom is 0.155 e. The quantitative estimate of drug-likeness (QED) is 0.670. The van der Waals surface area contributed by atoms with Gasteiger partial charge in [0.2, 0.25) is 0 Å². The van der Waals surface area contributed by atoms with Gasteiger partial charge in [-0.25, -0.2) is 9.50 Å². The van der Waals surface area contributed by atoms with Crippen LogP contribution in [-0.4, -0.2) is 26.3 Å². The summed E-state index contributed by atoms with van der Waals surface area (Å²) in [7, 11) is 0. The second-order valence-electron chi connectivity index (χ2n) is 2.80. The van der Waals surface area contributed by atoms with E-state index in [4.69, 9.17) is 10.8 Å². The van der Waals surface area contributed by atoms with Crippen LogP contribution in [0.4, 0.5) is 5.69 Å². The molecule has 0 spiro atoms. The summed E-state index contributed by atoms with van der Waals surface area (Å²) in [5.41, 5.74) is 7.68. The lowest BCUT2D eigenvalue weighted by molar-refractivity contribution is 0.298. The van der Waals surface area contributed by atoms with Crippen LogP contribution in [0.5, 0.6) is 0 Å². The van der Waals surface area contributed by atoms with Crippen molar-refractivity contribution in [3.8, 4) is 0 Å². The van der Waals surface area contributed by atoms with E-state index in [1.807, 2.05) is 6.07 Å². The Bertz CT molecular complexity index is 423. The standard InChI is InChI=1S/C8H10N4O/c9-6-4-10-8-3-7(1-2-13)11-12(8)5-6/h3-5,13H,1-2,9H2. The zero-order chi connectivity index (χ0) is 9.26. The van der Waals surface area contributed by atoms with Gasteiger partial charge in [-0.15, -0.1) is 0 Å². The zero-order valence-electron chi connectivity index (χ0n) is 7.01. The Labute approximate surface area is 74.8 Å². The maximum atomic E-state index is 8.71. The van der Waals surface area contributed by atoms with E-state index in [1.54, 1.807) is 16.9 Å². The third-order valence-corrected chi connectivity index (χ3v) is 1.75. The van der Waals surface area contributed by atoms with Gasteiger partial charge in [0.25, 0.3) is 0 Å². The summed E-state index contributed by atoms with van der Waals surface area (Å²) >= 11 is 0. The van der Waals surface area contributed by atoms with Gasteiger partial charge in [0.05, 0.1) is 23.8 Å². The summed E-state index contributed by atoms with van der Waals surface area (Å²) in [6.07, 6.45) is 3.83. The van der Waals surface area contributed by atoms with Crippen LogP contribution >= 0.6 is 0 Å². The van der Waals surface area contributed by atoms with Crippen LogP contribution in [0.25, 0.3) is 5.65 Å². The van der Waals surface area contributed by atoms with Crippen LogP contribution in [0.15, 0.2) is 18.5 Å². The van der Waals surface area contributed by atoms with Crippen LogP contribution in [0.1, 0.15) is 5.69 Å². The van der Waals surface area contributed by atoms with Crippen LogP contribution in [-0.2, 0) is 6.42 Å². The van der Waals surface area contributed by atoms with Crippen molar-refractivity contribution in [3.05, 3.63) is 24.2 Å². The second-order valence-corrected chi connectivity index (χ2v) is 2.80. The number of aliphatic hydroxyl groups excluding tert-OH is 1. The number of fused-ring (bicyclic) bond motifs is 1. The topological polar surface area (TPSA) is 76.4 Å². The molecular weight excluding hydrogens is 168 g/mol. The van der Waals surface area contributed by atoms with Crippen LogP contribution in [0.2, 0.25) is 0 Å². The summed E-state index contributed by atoms with van der Waals surface area (Å²) < 4.78 is 1.61. The molecule has 0 atom stereocenters. The van der Waals surface area contributed by atoms with Crippen molar-refractivity contribution >= 4 is 11.3 Å². The van der Waals surface area contributed by atoms with Gasteiger partial charge in [-0.3, -0.25) is 0 Å². The first kappa shape index (κ1) is 8.00. The number of nitrogens with zero attached hydrogens (tertiary/aromatic N) is 3. The molecule has 0 saturated carbocycles. The Morgan fingerprint density at radius 1 is 1.54 bits per heavy atom. The number of rotatable bonds is 2. The lowest BCUT2D eigenvalue weighted by atomic mass is 10.3. The first-order valence-electron chi connectivity index (χ1n) is 4.00. The molecule has 2 rings (SSSR count). The highest BCUT2D eigenvalue weighted by Crippen LogP contribution is 2.06. The largest absolute Gasteiger partial charge is 0.396 e. The van der Waals surface area contributed by atoms with E-state index < -0.39 is 0 Å². The maximum absolute atomic E-state index is 8.71. The molecule has 0 unspecified atom stereocenters. The minimum atomic E-state index is 0.0966. The minimum absolute atomic E-state index is 0.0966. The highest BCUT2D eigenvalue weighted by molar-refractivity contribution is 5.44. The molecule has 5 heteroatoms. The molecule has 0 amide bonds. The number of nitrogen functional groups attached to an aromatic ring is 1. The number of aliphatic hydroxyl groups is 1. The predicted molar refractivity (Wildman–Crippen MR) is 48.2 cm³/mol. The summed E-state index contributed by atoms with van der Waals surface area (Å²) in [5.74, 6) is 0. The molecule has 0 aliphatic rings. The Morgan fingerprint density at radius 2 is 2.38 bits per heavy atom. The van der Waals surface area contributed by atoms with E-state index in [9.17, 15) is 0 Å². The van der Waals surface area contributed by atoms with Crippen molar-refractivity contribution < 1.29 is 5.11 Å². The fourth-order valence-electron chi connectivity index (χ4n) is 1.18. The lowest BCUT2D eigenvalue weighted by Crippen LogP contribution is -1.95. The molecule has 0 saturated heterocycles. The molecule has 0 radical (unpaired) electrons. The molecule has 2 aromatic heterocycles. The van der Waals surface area contributed by atoms with Crippen molar-refractivity contribution in [2.45, 2.75) is 6.42 Å². The summed E-state index contributed by atoms with van der Waals surface area (Å²) in [6.45, 7) is 0.0966. The van der Waals surface area contributed by atoms with E-state index in [1.165, 1.54) is 0 Å². The summed E-state index contributed by atoms with van der Waals surface area (Å²) in [4.78, 5) is 4.08. The molecule has 0 aromatic carbocycles. The smallest absolute Gasteiger partial charge is 0.155 e. The number of aromatic nitrogens is 3. The SMILES string of the molecule is Nc1cnc2cc(CCO)nn2c1. The van der Waals surface area contributed by atoms with Crippen molar-refractivity contribution in [3.63, 3.8) is 0 Å². The van der Waals surface area contributed by atoms with Crippen molar-refractivity contribution in [2.24, 2.45) is 0 Å². The Hall–Kier alpha value is -1.62. The molecule has 2 aromatic rings. The number of nitrogens with two attached hydrogens (primary N) is 1. The number of hydrogen-bond donors (Lipinski definition) is 2. The average Bonchev–Trinajstić information content (AvgIpc) is 2.46. The van der Waals surface area contributed by atoms with E-state index >= 15 is 0 Å². The molecule has 5 nitrogen and oxygen atoms in total. The normalized spacial score (nSPS) is 10.8. The minimum Gasteiger partial charge on any atom is -0.396 e. The van der Waals surface area contributed by atoms with Crippen LogP contribution in [0.3, 0.4) is 0 Å². The Morgan fingerprint density at radius 3 is 3.15 bits per heavy atom. The van der Waals surface area contributed by atoms with E-state index in [-0.39, 0.29) is 6.61 Å². The fraction of sp³-hybridized carbons (Fsp3) is 0.250. The van der Waals surface area contributed by atoms with Gasteiger partial charge in [-0.2, -0.15) is 5.10 Å². The fourth-order valence-corrected chi connectivity index (χ4v) is 1.18. The van der Waals surface area contributed by atoms with Crippen LogP contribution in [0, 0.1) is 0 Å². The van der Waals surface area contributed by atoms with Gasteiger partial charge in [-0.05, 0) is 0 Å². The average molecular weight is 178 g/mol. The van der Waals surface area contributed by atoms with Gasteiger partial charge >= 0.3 is 0 Å². The highest BCUT2D eigenvalue weighted by Gasteiger charge is 2.01. The van der Waals surface area contributed by atoms with Crippen molar-refractivity contribution in [1.29, 1.82) is 0 Å². The van der Waals surface area contributed by atoms with Gasteiger partial charge in [0.1, 0.15) is 0 Å². The van der Waals surface area contributed by atoms with E-state index in [0.29, 0.717) is 12.1 Å². The number of anilines is 1. The molecule has 0 fully saturated rings. The predicted octanol–water partition coefficient (Wildman–Crippen LogP) is -0.154. The molecule has 0 aliphatic heterocycles. The molecule has 13 heavy (non-hydrogen) atoms. The first-order valence-corrected chi connectivity index (χ1v) is 4.00. The van der Waals surface area contributed by atoms with Crippen molar-refractivity contribution in [2.75, 3.05) is 12.3 Å². The van der Waals surface area contributed by atoms with Gasteiger partial charge < -0.3 is 10.8 Å². The molecule has 68 valence electrons. The molecule has 0 aliphatic carbocycles. The Balaban J connectivity index is 2.49. The summed E-state index contributed by atoms with van der Waals surface area (Å²) in [6, 6.07) is 1.83. The van der Waals surface area contributed by atoms with Gasteiger partial charge in [0.15, 0.2) is 5.65 Å². The third kappa shape index (κ3) is 1.46. The van der Waals surface area contributed by atoms with Crippen molar-refractivity contribution in [1.82, 2.24) is 14.6 Å². The molecular formula is C8H10N4O. The Kier molecular flexibility index (Phi) is 1.86. The number of hydrogen-bond acceptors (Lipinski definition) is 4.